The fourth-order valence-electron chi connectivity index (χ4n) is 2.84. The topological polar surface area (TPSA) is 86.0 Å². The molecule has 0 saturated heterocycles. The maximum Gasteiger partial charge on any atom is 0.275 e. The van der Waals surface area contributed by atoms with Crippen molar-refractivity contribution in [2.75, 3.05) is 13.2 Å². The normalized spacial score (nSPS) is 11.9. The van der Waals surface area contributed by atoms with Crippen molar-refractivity contribution in [2.24, 2.45) is 0 Å². The number of pyridine rings is 2. The molecule has 0 aromatic carbocycles. The first-order chi connectivity index (χ1) is 13.5. The summed E-state index contributed by atoms with van der Waals surface area (Å²) in [5.74, 6) is 0.350. The van der Waals surface area contributed by atoms with Crippen molar-refractivity contribution in [1.29, 1.82) is 0 Å². The average Bonchev–Trinajstić information content (AvgIpc) is 3.22. The average molecular weight is 380 g/mol. The second-order valence-corrected chi connectivity index (χ2v) is 6.56. The van der Waals surface area contributed by atoms with Gasteiger partial charge in [-0.05, 0) is 45.4 Å². The summed E-state index contributed by atoms with van der Waals surface area (Å²) < 4.78 is 5.76. The predicted octanol–water partition coefficient (Wildman–Crippen LogP) is 2.60. The van der Waals surface area contributed by atoms with Gasteiger partial charge in [0.1, 0.15) is 12.3 Å². The van der Waals surface area contributed by atoms with Crippen LogP contribution in [0.5, 0.6) is 5.88 Å². The standard InChI is InChI=1S/C20H24N6O2/c1-5-25(16(4)13-28-18-9-6-14(2)12-21-18)20(27)19-17(8-7-15(3)24-19)26-22-10-11-23-26/h6-12,16H,5,13H2,1-4H3/t16-/m0/s1. The smallest absolute Gasteiger partial charge is 0.275 e. The third kappa shape index (κ3) is 4.33. The molecule has 0 aliphatic carbocycles. The highest BCUT2D eigenvalue weighted by Gasteiger charge is 2.25. The summed E-state index contributed by atoms with van der Waals surface area (Å²) in [6, 6.07) is 7.24. The Kier molecular flexibility index (Phi) is 5.98. The monoisotopic (exact) mass is 380 g/mol. The summed E-state index contributed by atoms with van der Waals surface area (Å²) in [6.45, 7) is 8.54. The van der Waals surface area contributed by atoms with E-state index in [4.69, 9.17) is 4.74 Å². The van der Waals surface area contributed by atoms with Gasteiger partial charge in [0.25, 0.3) is 5.91 Å². The molecule has 146 valence electrons. The van der Waals surface area contributed by atoms with Crippen molar-refractivity contribution in [3.8, 4) is 11.6 Å². The van der Waals surface area contributed by atoms with Crippen LogP contribution in [0, 0.1) is 13.8 Å². The molecule has 0 fully saturated rings. The van der Waals surface area contributed by atoms with Gasteiger partial charge < -0.3 is 9.64 Å². The number of rotatable bonds is 7. The van der Waals surface area contributed by atoms with Crippen molar-refractivity contribution in [3.63, 3.8) is 0 Å². The Bertz CT molecular complexity index is 924. The summed E-state index contributed by atoms with van der Waals surface area (Å²) in [7, 11) is 0. The van der Waals surface area contributed by atoms with Crippen molar-refractivity contribution in [2.45, 2.75) is 33.7 Å². The van der Waals surface area contributed by atoms with Gasteiger partial charge in [0.15, 0.2) is 5.69 Å². The number of nitrogens with zero attached hydrogens (tertiary/aromatic N) is 6. The van der Waals surface area contributed by atoms with Gasteiger partial charge in [0.2, 0.25) is 5.88 Å². The van der Waals surface area contributed by atoms with Crippen LogP contribution in [0.3, 0.4) is 0 Å². The molecule has 3 heterocycles. The van der Waals surface area contributed by atoms with Gasteiger partial charge in [-0.25, -0.2) is 9.97 Å². The lowest BCUT2D eigenvalue weighted by molar-refractivity contribution is 0.0640. The number of ether oxygens (including phenoxy) is 1. The van der Waals surface area contributed by atoms with Crippen molar-refractivity contribution in [3.05, 3.63) is 59.8 Å². The van der Waals surface area contributed by atoms with Crippen LogP contribution in [0.15, 0.2) is 42.9 Å². The highest BCUT2D eigenvalue weighted by atomic mass is 16.5. The molecule has 0 bridgehead atoms. The van der Waals surface area contributed by atoms with E-state index in [2.05, 4.69) is 20.2 Å². The van der Waals surface area contributed by atoms with Crippen molar-refractivity contribution < 1.29 is 9.53 Å². The van der Waals surface area contributed by atoms with E-state index in [0.29, 0.717) is 30.4 Å². The number of carbonyl (C=O) groups is 1. The quantitative estimate of drug-likeness (QED) is 0.626. The minimum Gasteiger partial charge on any atom is -0.475 e. The molecule has 3 aromatic rings. The van der Waals surface area contributed by atoms with Gasteiger partial charge in [-0.3, -0.25) is 4.79 Å². The largest absolute Gasteiger partial charge is 0.475 e. The Balaban J connectivity index is 1.79. The first-order valence-electron chi connectivity index (χ1n) is 9.20. The Morgan fingerprint density at radius 1 is 1.18 bits per heavy atom. The lowest BCUT2D eigenvalue weighted by Crippen LogP contribution is -2.42. The predicted molar refractivity (Wildman–Crippen MR) is 105 cm³/mol. The van der Waals surface area contributed by atoms with Gasteiger partial charge in [-0.1, -0.05) is 6.07 Å². The molecule has 0 spiro atoms. The molecule has 0 radical (unpaired) electrons. The fourth-order valence-corrected chi connectivity index (χ4v) is 2.84. The Labute approximate surface area is 164 Å². The molecule has 0 N–H and O–H groups in total. The third-order valence-electron chi connectivity index (χ3n) is 4.34. The lowest BCUT2D eigenvalue weighted by Gasteiger charge is -2.28. The number of amides is 1. The zero-order chi connectivity index (χ0) is 20.1. The third-order valence-corrected chi connectivity index (χ3v) is 4.34. The molecule has 0 saturated carbocycles. The Hall–Kier alpha value is -3.29. The molecule has 8 nitrogen and oxygen atoms in total. The molecule has 0 aliphatic rings. The van der Waals surface area contributed by atoms with Gasteiger partial charge in [-0.15, -0.1) is 4.80 Å². The maximum atomic E-state index is 13.3. The first kappa shape index (κ1) is 19.5. The van der Waals surface area contributed by atoms with Crippen LogP contribution in [-0.4, -0.2) is 55.0 Å². The molecule has 8 heteroatoms. The highest BCUT2D eigenvalue weighted by Crippen LogP contribution is 2.16. The number of hydrogen-bond acceptors (Lipinski definition) is 6. The summed E-state index contributed by atoms with van der Waals surface area (Å²) in [4.78, 5) is 25.1. The second-order valence-electron chi connectivity index (χ2n) is 6.56. The fraction of sp³-hybridized carbons (Fsp3) is 0.350. The summed E-state index contributed by atoms with van der Waals surface area (Å²) in [5.41, 5.74) is 2.69. The molecular weight excluding hydrogens is 356 g/mol. The molecule has 0 unspecified atom stereocenters. The lowest BCUT2D eigenvalue weighted by atomic mass is 10.2. The molecule has 1 amide bonds. The minimum absolute atomic E-state index is 0.165. The van der Waals surface area contributed by atoms with E-state index in [0.717, 1.165) is 11.3 Å². The van der Waals surface area contributed by atoms with E-state index in [1.165, 1.54) is 4.80 Å². The van der Waals surface area contributed by atoms with E-state index in [-0.39, 0.29) is 11.9 Å². The zero-order valence-electron chi connectivity index (χ0n) is 16.5. The Morgan fingerprint density at radius 3 is 2.57 bits per heavy atom. The summed E-state index contributed by atoms with van der Waals surface area (Å²) >= 11 is 0. The SMILES string of the molecule is CCN(C(=O)c1nc(C)ccc1-n1nccn1)[C@@H](C)COc1ccc(C)cn1. The van der Waals surface area contributed by atoms with Crippen LogP contribution in [0.4, 0.5) is 0 Å². The molecule has 0 aliphatic heterocycles. The van der Waals surface area contributed by atoms with Crippen LogP contribution < -0.4 is 4.74 Å². The van der Waals surface area contributed by atoms with Crippen LogP contribution in [0.2, 0.25) is 0 Å². The number of carbonyl (C=O) groups excluding carboxylic acids is 1. The van der Waals surface area contributed by atoms with Crippen LogP contribution >= 0.6 is 0 Å². The molecular formula is C20H24N6O2. The van der Waals surface area contributed by atoms with E-state index >= 15 is 0 Å². The van der Waals surface area contributed by atoms with E-state index < -0.39 is 0 Å². The molecule has 3 rings (SSSR count). The highest BCUT2D eigenvalue weighted by molar-refractivity contribution is 5.96. The van der Waals surface area contributed by atoms with E-state index in [1.807, 2.05) is 45.9 Å². The van der Waals surface area contributed by atoms with E-state index in [1.54, 1.807) is 29.6 Å². The summed E-state index contributed by atoms with van der Waals surface area (Å²) in [6.07, 6.45) is 4.89. The second kappa shape index (κ2) is 8.60. The van der Waals surface area contributed by atoms with Gasteiger partial charge in [0.05, 0.1) is 18.4 Å². The Morgan fingerprint density at radius 2 is 1.93 bits per heavy atom. The maximum absolute atomic E-state index is 13.3. The number of likely N-dealkylation sites (N-methyl/N-ethyl adjacent to an activating group) is 1. The molecule has 1 atom stereocenters. The van der Waals surface area contributed by atoms with Crippen LogP contribution in [-0.2, 0) is 0 Å². The minimum atomic E-state index is -0.188. The number of aryl methyl sites for hydroxylation is 2. The van der Waals surface area contributed by atoms with Crippen molar-refractivity contribution in [1.82, 2.24) is 29.9 Å². The first-order valence-corrected chi connectivity index (χ1v) is 9.20. The number of hydrogen-bond donors (Lipinski definition) is 0. The van der Waals surface area contributed by atoms with E-state index in [9.17, 15) is 4.79 Å². The number of aromatic nitrogens is 5. The van der Waals surface area contributed by atoms with Gasteiger partial charge >= 0.3 is 0 Å². The van der Waals surface area contributed by atoms with Gasteiger partial charge in [-0.2, -0.15) is 10.2 Å². The van der Waals surface area contributed by atoms with Crippen molar-refractivity contribution >= 4 is 5.91 Å². The summed E-state index contributed by atoms with van der Waals surface area (Å²) in [5, 5.41) is 8.27. The van der Waals surface area contributed by atoms with Gasteiger partial charge in [0, 0.05) is 24.5 Å². The zero-order valence-corrected chi connectivity index (χ0v) is 16.5. The van der Waals surface area contributed by atoms with Crippen LogP contribution in [0.1, 0.15) is 35.6 Å². The molecule has 28 heavy (non-hydrogen) atoms. The molecule has 3 aromatic heterocycles. The van der Waals surface area contributed by atoms with Crippen LogP contribution in [0.25, 0.3) is 5.69 Å².